The predicted octanol–water partition coefficient (Wildman–Crippen LogP) is 1.73. The predicted molar refractivity (Wildman–Crippen MR) is 46.7 cm³/mol. The van der Waals surface area contributed by atoms with Gasteiger partial charge in [0.1, 0.15) is 11.6 Å². The van der Waals surface area contributed by atoms with Crippen LogP contribution in [0.2, 0.25) is 0 Å². The first kappa shape index (κ1) is 9.32. The van der Waals surface area contributed by atoms with Crippen LogP contribution >= 0.6 is 15.9 Å². The molecule has 1 aromatic rings. The minimum Gasteiger partial charge on any atom is -0.298 e. The fourth-order valence-corrected chi connectivity index (χ4v) is 1.01. The van der Waals surface area contributed by atoms with Crippen molar-refractivity contribution in [1.82, 2.24) is 4.98 Å². The van der Waals surface area contributed by atoms with Crippen molar-refractivity contribution in [2.75, 3.05) is 5.33 Å². The van der Waals surface area contributed by atoms with Gasteiger partial charge in [-0.1, -0.05) is 15.9 Å². The van der Waals surface area contributed by atoms with Crippen LogP contribution in [0.3, 0.4) is 0 Å². The highest BCUT2D eigenvalue weighted by Gasteiger charge is 2.05. The van der Waals surface area contributed by atoms with Crippen LogP contribution < -0.4 is 0 Å². The van der Waals surface area contributed by atoms with Gasteiger partial charge in [-0.15, -0.1) is 0 Å². The lowest BCUT2D eigenvalue weighted by Gasteiger charge is -1.98. The maximum Gasteiger partial charge on any atom is 0.147 e. The highest BCUT2D eigenvalue weighted by atomic mass is 79.9. The molecule has 1 heterocycles. The molecule has 0 amide bonds. The molecule has 0 atom stereocenters. The molecular formula is C8H7BrFNO. The maximum atomic E-state index is 12.9. The summed E-state index contributed by atoms with van der Waals surface area (Å²) in [7, 11) is 0. The van der Waals surface area contributed by atoms with Crippen molar-refractivity contribution < 1.29 is 9.18 Å². The van der Waals surface area contributed by atoms with Crippen LogP contribution in [0, 0.1) is 5.82 Å². The Morgan fingerprint density at radius 2 is 2.42 bits per heavy atom. The van der Waals surface area contributed by atoms with Crippen LogP contribution in [-0.2, 0) is 11.2 Å². The second-order valence-corrected chi connectivity index (χ2v) is 2.88. The lowest BCUT2D eigenvalue weighted by Crippen LogP contribution is -2.05. The average Bonchev–Trinajstić information content (AvgIpc) is 2.09. The Hall–Kier alpha value is -0.770. The van der Waals surface area contributed by atoms with E-state index in [-0.39, 0.29) is 17.5 Å². The number of carbonyl (C=O) groups excluding carboxylic acids is 1. The van der Waals surface area contributed by atoms with Crippen LogP contribution in [0.1, 0.15) is 5.56 Å². The number of pyridine rings is 1. The van der Waals surface area contributed by atoms with E-state index in [0.717, 1.165) is 6.20 Å². The van der Waals surface area contributed by atoms with Crippen molar-refractivity contribution in [3.63, 3.8) is 0 Å². The normalized spacial score (nSPS) is 9.83. The Bertz CT molecular complexity index is 290. The van der Waals surface area contributed by atoms with Gasteiger partial charge in [-0.25, -0.2) is 4.39 Å². The van der Waals surface area contributed by atoms with Gasteiger partial charge >= 0.3 is 0 Å². The highest BCUT2D eigenvalue weighted by Crippen LogP contribution is 2.06. The van der Waals surface area contributed by atoms with Crippen LogP contribution in [-0.4, -0.2) is 16.1 Å². The minimum absolute atomic E-state index is 0.0416. The fraction of sp³-hybridized carbons (Fsp3) is 0.250. The number of ketones is 1. The van der Waals surface area contributed by atoms with Crippen molar-refractivity contribution >= 4 is 21.7 Å². The van der Waals surface area contributed by atoms with Crippen molar-refractivity contribution in [2.24, 2.45) is 0 Å². The summed E-state index contributed by atoms with van der Waals surface area (Å²) < 4.78 is 12.9. The van der Waals surface area contributed by atoms with E-state index < -0.39 is 5.82 Å². The first-order valence-electron chi connectivity index (χ1n) is 3.40. The molecule has 0 aromatic carbocycles. The second-order valence-electron chi connectivity index (χ2n) is 2.32. The number of halogens is 2. The Labute approximate surface area is 77.9 Å². The van der Waals surface area contributed by atoms with Gasteiger partial charge in [0.15, 0.2) is 0 Å². The third-order valence-corrected chi connectivity index (χ3v) is 2.02. The summed E-state index contributed by atoms with van der Waals surface area (Å²) in [6, 6.07) is 1.51. The van der Waals surface area contributed by atoms with Gasteiger partial charge in [0.2, 0.25) is 0 Å². The Morgan fingerprint density at radius 3 is 3.00 bits per heavy atom. The summed E-state index contributed by atoms with van der Waals surface area (Å²) in [4.78, 5) is 14.5. The van der Waals surface area contributed by atoms with E-state index in [2.05, 4.69) is 20.9 Å². The number of Topliss-reactive ketones (excluding diaryl/α,β-unsaturated/α-hetero) is 1. The van der Waals surface area contributed by atoms with Crippen LogP contribution in [0.5, 0.6) is 0 Å². The first-order chi connectivity index (χ1) is 5.74. The molecule has 1 aromatic heterocycles. The van der Waals surface area contributed by atoms with Gasteiger partial charge in [-0.05, 0) is 11.6 Å². The maximum absolute atomic E-state index is 12.9. The molecule has 0 aliphatic rings. The van der Waals surface area contributed by atoms with Gasteiger partial charge in [-0.3, -0.25) is 9.78 Å². The third-order valence-electron chi connectivity index (χ3n) is 1.39. The molecule has 0 aliphatic carbocycles. The molecule has 0 unspecified atom stereocenters. The van der Waals surface area contributed by atoms with E-state index in [0.29, 0.717) is 5.56 Å². The zero-order valence-corrected chi connectivity index (χ0v) is 7.84. The Kier molecular flexibility index (Phi) is 3.34. The Balaban J connectivity index is 2.75. The molecule has 4 heteroatoms. The van der Waals surface area contributed by atoms with Crippen LogP contribution in [0.25, 0.3) is 0 Å². The van der Waals surface area contributed by atoms with E-state index >= 15 is 0 Å². The van der Waals surface area contributed by atoms with Gasteiger partial charge in [0, 0.05) is 12.6 Å². The zero-order valence-electron chi connectivity index (χ0n) is 6.26. The van der Waals surface area contributed by atoms with Crippen molar-refractivity contribution in [3.8, 4) is 0 Å². The fourth-order valence-electron chi connectivity index (χ4n) is 0.807. The summed E-state index contributed by atoms with van der Waals surface area (Å²) in [6.45, 7) is 0. The number of hydrogen-bond donors (Lipinski definition) is 0. The smallest absolute Gasteiger partial charge is 0.147 e. The minimum atomic E-state index is -0.424. The molecule has 0 spiro atoms. The lowest BCUT2D eigenvalue weighted by atomic mass is 10.1. The van der Waals surface area contributed by atoms with E-state index in [4.69, 9.17) is 0 Å². The van der Waals surface area contributed by atoms with Gasteiger partial charge in [-0.2, -0.15) is 0 Å². The molecule has 2 nitrogen and oxygen atoms in total. The van der Waals surface area contributed by atoms with Crippen LogP contribution in [0.4, 0.5) is 4.39 Å². The average molecular weight is 232 g/mol. The monoisotopic (exact) mass is 231 g/mol. The molecule has 0 fully saturated rings. The third kappa shape index (κ3) is 2.37. The molecule has 0 radical (unpaired) electrons. The Morgan fingerprint density at radius 1 is 1.67 bits per heavy atom. The van der Waals surface area contributed by atoms with Crippen molar-refractivity contribution in [2.45, 2.75) is 6.42 Å². The van der Waals surface area contributed by atoms with Gasteiger partial charge in [0.25, 0.3) is 0 Å². The molecule has 0 bridgehead atoms. The topological polar surface area (TPSA) is 30.0 Å². The molecule has 0 aliphatic heterocycles. The number of nitrogens with zero attached hydrogens (tertiary/aromatic N) is 1. The number of hydrogen-bond acceptors (Lipinski definition) is 2. The standard InChI is InChI=1S/C8H7BrFNO/c9-4-7(12)3-6-1-2-11-5-8(6)10/h1-2,5H,3-4H2. The molecule has 64 valence electrons. The number of rotatable bonds is 3. The molecule has 1 rings (SSSR count). The summed E-state index contributed by atoms with van der Waals surface area (Å²) in [5, 5.41) is 0.259. The number of alkyl halides is 1. The number of aromatic nitrogens is 1. The van der Waals surface area contributed by atoms with Gasteiger partial charge in [0.05, 0.1) is 11.5 Å². The SMILES string of the molecule is O=C(CBr)Cc1ccncc1F. The zero-order chi connectivity index (χ0) is 8.97. The second kappa shape index (κ2) is 4.30. The molecule has 0 N–H and O–H groups in total. The van der Waals surface area contributed by atoms with Crippen molar-refractivity contribution in [1.29, 1.82) is 0 Å². The quantitative estimate of drug-likeness (QED) is 0.742. The summed E-state index contributed by atoms with van der Waals surface area (Å²) in [6.07, 6.45) is 2.70. The number of carbonyl (C=O) groups is 1. The van der Waals surface area contributed by atoms with E-state index in [9.17, 15) is 9.18 Å². The van der Waals surface area contributed by atoms with E-state index in [1.165, 1.54) is 12.3 Å². The largest absolute Gasteiger partial charge is 0.298 e. The summed E-state index contributed by atoms with van der Waals surface area (Å²) >= 11 is 3.01. The van der Waals surface area contributed by atoms with E-state index in [1.54, 1.807) is 0 Å². The molecule has 0 saturated carbocycles. The summed E-state index contributed by atoms with van der Waals surface area (Å²) in [5.41, 5.74) is 0.398. The van der Waals surface area contributed by atoms with E-state index in [1.807, 2.05) is 0 Å². The molecular weight excluding hydrogens is 225 g/mol. The first-order valence-corrected chi connectivity index (χ1v) is 4.52. The van der Waals surface area contributed by atoms with Gasteiger partial charge < -0.3 is 0 Å². The van der Waals surface area contributed by atoms with Crippen LogP contribution in [0.15, 0.2) is 18.5 Å². The highest BCUT2D eigenvalue weighted by molar-refractivity contribution is 9.09. The lowest BCUT2D eigenvalue weighted by molar-refractivity contribution is -0.115. The molecule has 0 saturated heterocycles. The van der Waals surface area contributed by atoms with Crippen molar-refractivity contribution in [3.05, 3.63) is 29.8 Å². The molecule has 12 heavy (non-hydrogen) atoms. The summed E-state index contributed by atoms with van der Waals surface area (Å²) in [5.74, 6) is -0.466.